The van der Waals surface area contributed by atoms with Crippen LogP contribution in [0.5, 0.6) is 0 Å². The Labute approximate surface area is 147 Å². The highest BCUT2D eigenvalue weighted by Crippen LogP contribution is 2.19. The highest BCUT2D eigenvalue weighted by atomic mass is 16.2. The molecule has 1 aromatic heterocycles. The average molecular weight is 340 g/mol. The van der Waals surface area contributed by atoms with Crippen LogP contribution in [0.4, 0.5) is 5.69 Å². The van der Waals surface area contributed by atoms with Gasteiger partial charge in [0.15, 0.2) is 0 Å². The van der Waals surface area contributed by atoms with E-state index in [9.17, 15) is 9.59 Å². The fraction of sp³-hybridized carbons (Fsp3) is 0.421. The third-order valence-corrected chi connectivity index (χ3v) is 4.54. The summed E-state index contributed by atoms with van der Waals surface area (Å²) in [5, 5.41) is 6.88. The van der Waals surface area contributed by atoms with Crippen LogP contribution in [-0.2, 0) is 23.1 Å². The van der Waals surface area contributed by atoms with Gasteiger partial charge in [-0.05, 0) is 24.9 Å². The second kappa shape index (κ2) is 8.07. The molecule has 0 bridgehead atoms. The number of nitrogens with one attached hydrogen (secondary N) is 1. The maximum absolute atomic E-state index is 12.6. The van der Waals surface area contributed by atoms with Gasteiger partial charge < -0.3 is 5.32 Å². The first-order valence-corrected chi connectivity index (χ1v) is 8.67. The zero-order valence-electron chi connectivity index (χ0n) is 14.5. The minimum Gasteiger partial charge on any atom is -0.322 e. The summed E-state index contributed by atoms with van der Waals surface area (Å²) in [4.78, 5) is 26.8. The fourth-order valence-electron chi connectivity index (χ4n) is 3.29. The van der Waals surface area contributed by atoms with Crippen molar-refractivity contribution in [2.24, 2.45) is 13.0 Å². The zero-order valence-corrected chi connectivity index (χ0v) is 14.5. The number of amides is 1. The summed E-state index contributed by atoms with van der Waals surface area (Å²) in [6.07, 6.45) is 5.72. The van der Waals surface area contributed by atoms with Crippen molar-refractivity contribution >= 4 is 17.4 Å². The number of aryl methyl sites for hydroxylation is 1. The monoisotopic (exact) mass is 340 g/mol. The highest BCUT2D eigenvalue weighted by Gasteiger charge is 2.26. The van der Waals surface area contributed by atoms with Gasteiger partial charge in [-0.1, -0.05) is 30.3 Å². The molecule has 1 aromatic carbocycles. The van der Waals surface area contributed by atoms with E-state index in [-0.39, 0.29) is 17.6 Å². The van der Waals surface area contributed by atoms with Crippen LogP contribution in [0.3, 0.4) is 0 Å². The molecule has 2 aromatic rings. The lowest BCUT2D eigenvalue weighted by Crippen LogP contribution is -2.42. The number of ketones is 1. The van der Waals surface area contributed by atoms with E-state index in [4.69, 9.17) is 0 Å². The number of hydrogen-bond donors (Lipinski definition) is 1. The fourth-order valence-corrected chi connectivity index (χ4v) is 3.29. The molecule has 1 amide bonds. The first-order valence-electron chi connectivity index (χ1n) is 8.67. The van der Waals surface area contributed by atoms with Gasteiger partial charge in [0.25, 0.3) is 0 Å². The normalized spacial score (nSPS) is 18.0. The van der Waals surface area contributed by atoms with Gasteiger partial charge in [0, 0.05) is 32.1 Å². The number of anilines is 1. The summed E-state index contributed by atoms with van der Waals surface area (Å²) in [7, 11) is 1.81. The van der Waals surface area contributed by atoms with Gasteiger partial charge >= 0.3 is 0 Å². The minimum absolute atomic E-state index is 0.0140. The second-order valence-corrected chi connectivity index (χ2v) is 6.65. The molecule has 0 unspecified atom stereocenters. The Kier molecular flexibility index (Phi) is 5.60. The molecule has 1 aliphatic rings. The number of hydrogen-bond acceptors (Lipinski definition) is 4. The SMILES string of the molecule is Cn1cc(NC(=O)CN2CCC[C@@H](C(=O)Cc3ccccc3)C2)cn1. The van der Waals surface area contributed by atoms with E-state index in [1.54, 1.807) is 17.1 Å². The Bertz CT molecular complexity index is 726. The molecule has 0 saturated carbocycles. The lowest BCUT2D eigenvalue weighted by molar-refractivity contribution is -0.125. The maximum atomic E-state index is 12.6. The van der Waals surface area contributed by atoms with Gasteiger partial charge in [0.2, 0.25) is 5.91 Å². The number of carbonyl (C=O) groups excluding carboxylic acids is 2. The van der Waals surface area contributed by atoms with Gasteiger partial charge in [-0.2, -0.15) is 5.10 Å². The molecule has 0 spiro atoms. The standard InChI is InChI=1S/C19H24N4O2/c1-22-13-17(11-20-22)21-19(25)14-23-9-5-8-16(12-23)18(24)10-15-6-3-2-4-7-15/h2-4,6-7,11,13,16H,5,8-10,12,14H2,1H3,(H,21,25)/t16-/m1/s1. The van der Waals surface area contributed by atoms with Gasteiger partial charge in [0.1, 0.15) is 5.78 Å². The van der Waals surface area contributed by atoms with Gasteiger partial charge in [0.05, 0.1) is 18.4 Å². The van der Waals surface area contributed by atoms with E-state index in [0.717, 1.165) is 24.9 Å². The number of Topliss-reactive ketones (excluding diaryl/α,β-unsaturated/α-hetero) is 1. The summed E-state index contributed by atoms with van der Waals surface area (Å²) in [5.41, 5.74) is 1.75. The van der Waals surface area contributed by atoms with Crippen molar-refractivity contribution in [2.45, 2.75) is 19.3 Å². The number of aromatic nitrogens is 2. The van der Waals surface area contributed by atoms with Crippen LogP contribution >= 0.6 is 0 Å². The van der Waals surface area contributed by atoms with Crippen molar-refractivity contribution in [1.82, 2.24) is 14.7 Å². The molecular weight excluding hydrogens is 316 g/mol. The van der Waals surface area contributed by atoms with Crippen molar-refractivity contribution in [1.29, 1.82) is 0 Å². The third-order valence-electron chi connectivity index (χ3n) is 4.54. The Morgan fingerprint density at radius 1 is 1.28 bits per heavy atom. The van der Waals surface area contributed by atoms with Crippen molar-refractivity contribution in [3.05, 3.63) is 48.3 Å². The smallest absolute Gasteiger partial charge is 0.238 e. The van der Waals surface area contributed by atoms with Crippen LogP contribution in [0.25, 0.3) is 0 Å². The molecule has 6 heteroatoms. The molecule has 6 nitrogen and oxygen atoms in total. The van der Waals surface area contributed by atoms with Gasteiger partial charge in [-0.15, -0.1) is 0 Å². The quantitative estimate of drug-likeness (QED) is 0.872. The number of likely N-dealkylation sites (tertiary alicyclic amines) is 1. The van der Waals surface area contributed by atoms with E-state index >= 15 is 0 Å². The van der Waals surface area contributed by atoms with Crippen LogP contribution in [0, 0.1) is 5.92 Å². The largest absolute Gasteiger partial charge is 0.322 e. The van der Waals surface area contributed by atoms with Crippen LogP contribution in [0.15, 0.2) is 42.7 Å². The predicted octanol–water partition coefficient (Wildman–Crippen LogP) is 1.88. The molecule has 0 radical (unpaired) electrons. The minimum atomic E-state index is -0.0656. The van der Waals surface area contributed by atoms with E-state index < -0.39 is 0 Å². The lowest BCUT2D eigenvalue weighted by atomic mass is 9.90. The number of piperidine rings is 1. The Hall–Kier alpha value is -2.47. The number of nitrogens with zero attached hydrogens (tertiary/aromatic N) is 3. The molecule has 1 atom stereocenters. The van der Waals surface area contributed by atoms with Gasteiger partial charge in [-0.25, -0.2) is 0 Å². The van der Waals surface area contributed by atoms with Crippen molar-refractivity contribution in [2.75, 3.05) is 25.0 Å². The molecule has 1 fully saturated rings. The number of carbonyl (C=O) groups is 2. The molecular formula is C19H24N4O2. The summed E-state index contributed by atoms with van der Waals surface area (Å²) in [6.45, 7) is 1.83. The maximum Gasteiger partial charge on any atom is 0.238 e. The van der Waals surface area contributed by atoms with Crippen LogP contribution in [0.1, 0.15) is 18.4 Å². The summed E-state index contributed by atoms with van der Waals surface area (Å²) < 4.78 is 1.65. The first kappa shape index (κ1) is 17.4. The first-order chi connectivity index (χ1) is 12.1. The third kappa shape index (κ3) is 5.00. The molecule has 1 saturated heterocycles. The van der Waals surface area contributed by atoms with E-state index in [1.807, 2.05) is 37.4 Å². The zero-order chi connectivity index (χ0) is 17.6. The molecule has 0 aliphatic carbocycles. The molecule has 1 aliphatic heterocycles. The average Bonchev–Trinajstić information content (AvgIpc) is 3.00. The molecule has 25 heavy (non-hydrogen) atoms. The molecule has 3 rings (SSSR count). The molecule has 132 valence electrons. The predicted molar refractivity (Wildman–Crippen MR) is 96.2 cm³/mol. The topological polar surface area (TPSA) is 67.2 Å². The Balaban J connectivity index is 1.50. The highest BCUT2D eigenvalue weighted by molar-refractivity contribution is 5.92. The summed E-state index contributed by atoms with van der Waals surface area (Å²) in [5.74, 6) is 0.216. The van der Waals surface area contributed by atoms with E-state index in [0.29, 0.717) is 25.2 Å². The van der Waals surface area contributed by atoms with Crippen LogP contribution < -0.4 is 5.32 Å². The number of benzene rings is 1. The van der Waals surface area contributed by atoms with E-state index in [1.165, 1.54) is 0 Å². The Morgan fingerprint density at radius 3 is 2.80 bits per heavy atom. The van der Waals surface area contributed by atoms with Crippen LogP contribution in [0.2, 0.25) is 0 Å². The number of rotatable bonds is 6. The summed E-state index contributed by atoms with van der Waals surface area (Å²) in [6, 6.07) is 9.84. The van der Waals surface area contributed by atoms with E-state index in [2.05, 4.69) is 15.3 Å². The molecule has 1 N–H and O–H groups in total. The van der Waals surface area contributed by atoms with Crippen molar-refractivity contribution in [3.63, 3.8) is 0 Å². The van der Waals surface area contributed by atoms with Crippen molar-refractivity contribution < 1.29 is 9.59 Å². The van der Waals surface area contributed by atoms with Crippen LogP contribution in [-0.4, -0.2) is 46.0 Å². The van der Waals surface area contributed by atoms with Gasteiger partial charge in [-0.3, -0.25) is 19.2 Å². The van der Waals surface area contributed by atoms with Crippen molar-refractivity contribution in [3.8, 4) is 0 Å². The summed E-state index contributed by atoms with van der Waals surface area (Å²) >= 11 is 0. The molecule has 2 heterocycles. The lowest BCUT2D eigenvalue weighted by Gasteiger charge is -2.31. The second-order valence-electron chi connectivity index (χ2n) is 6.65. The Morgan fingerprint density at radius 2 is 2.08 bits per heavy atom.